The first-order valence-electron chi connectivity index (χ1n) is 6.27. The van der Waals surface area contributed by atoms with Gasteiger partial charge in [0.25, 0.3) is 0 Å². The minimum absolute atomic E-state index is 0.0391. The van der Waals surface area contributed by atoms with Gasteiger partial charge in [0, 0.05) is 30.8 Å². The third-order valence-electron chi connectivity index (χ3n) is 2.85. The molecule has 6 nitrogen and oxygen atoms in total. The molecule has 0 heterocycles. The summed E-state index contributed by atoms with van der Waals surface area (Å²) in [5.41, 5.74) is 0.993. The van der Waals surface area contributed by atoms with Crippen molar-refractivity contribution in [3.63, 3.8) is 0 Å². The second-order valence-corrected chi connectivity index (χ2v) is 6.28. The molecule has 1 atom stereocenters. The third kappa shape index (κ3) is 5.36. The van der Waals surface area contributed by atoms with Crippen molar-refractivity contribution in [3.05, 3.63) is 23.8 Å². The average molecular weight is 302 g/mol. The highest BCUT2D eigenvalue weighted by molar-refractivity contribution is 7.88. The molecule has 0 radical (unpaired) electrons. The minimum atomic E-state index is -3.14. The number of rotatable bonds is 8. The Hall–Kier alpha value is -1.31. The molecule has 0 aliphatic heterocycles. The standard InChI is InChI=1S/C13H22N2O4S/c1-10(14-7-8-15-20(4,16)17)12-6-5-11(18-2)9-13(12)19-3/h5-6,9-10,14-15H,7-8H2,1-4H3. The van der Waals surface area contributed by atoms with Gasteiger partial charge in [-0.15, -0.1) is 0 Å². The van der Waals surface area contributed by atoms with Crippen molar-refractivity contribution in [2.75, 3.05) is 33.6 Å². The van der Waals surface area contributed by atoms with Crippen LogP contribution in [0.1, 0.15) is 18.5 Å². The van der Waals surface area contributed by atoms with Crippen LogP contribution in [0.4, 0.5) is 0 Å². The molecule has 7 heteroatoms. The normalized spacial score (nSPS) is 13.0. The van der Waals surface area contributed by atoms with Crippen molar-refractivity contribution >= 4 is 10.0 Å². The summed E-state index contributed by atoms with van der Waals surface area (Å²) < 4.78 is 34.8. The van der Waals surface area contributed by atoms with Crippen LogP contribution in [-0.4, -0.2) is 42.0 Å². The van der Waals surface area contributed by atoms with Gasteiger partial charge in [-0.05, 0) is 13.0 Å². The molecule has 0 spiro atoms. The summed E-state index contributed by atoms with van der Waals surface area (Å²) in [5.74, 6) is 1.47. The summed E-state index contributed by atoms with van der Waals surface area (Å²) in [6.45, 7) is 2.87. The average Bonchev–Trinajstić information content (AvgIpc) is 2.41. The zero-order valence-corrected chi connectivity index (χ0v) is 13.1. The summed E-state index contributed by atoms with van der Waals surface area (Å²) in [7, 11) is 0.0717. The Kier molecular flexibility index (Phi) is 6.25. The number of methoxy groups -OCH3 is 2. The predicted octanol–water partition coefficient (Wildman–Crippen LogP) is 0.904. The first-order valence-corrected chi connectivity index (χ1v) is 8.16. The molecule has 0 bridgehead atoms. The van der Waals surface area contributed by atoms with E-state index in [1.54, 1.807) is 14.2 Å². The Balaban J connectivity index is 2.61. The molecule has 1 rings (SSSR count). The second-order valence-electron chi connectivity index (χ2n) is 4.45. The van der Waals surface area contributed by atoms with E-state index in [0.29, 0.717) is 13.1 Å². The zero-order chi connectivity index (χ0) is 15.2. The molecule has 0 aromatic heterocycles. The van der Waals surface area contributed by atoms with Crippen LogP contribution in [0.15, 0.2) is 18.2 Å². The van der Waals surface area contributed by atoms with Crippen molar-refractivity contribution in [3.8, 4) is 11.5 Å². The molecule has 0 fully saturated rings. The van der Waals surface area contributed by atoms with Crippen LogP contribution in [0, 0.1) is 0 Å². The molecular weight excluding hydrogens is 280 g/mol. The summed E-state index contributed by atoms with van der Waals surface area (Å²) >= 11 is 0. The number of hydrogen-bond acceptors (Lipinski definition) is 5. The van der Waals surface area contributed by atoms with E-state index >= 15 is 0 Å². The van der Waals surface area contributed by atoms with Gasteiger partial charge in [0.2, 0.25) is 10.0 Å². The van der Waals surface area contributed by atoms with Crippen molar-refractivity contribution in [2.45, 2.75) is 13.0 Å². The molecule has 1 unspecified atom stereocenters. The van der Waals surface area contributed by atoms with Crippen LogP contribution in [-0.2, 0) is 10.0 Å². The van der Waals surface area contributed by atoms with Crippen molar-refractivity contribution in [2.24, 2.45) is 0 Å². The molecule has 0 saturated carbocycles. The zero-order valence-electron chi connectivity index (χ0n) is 12.3. The quantitative estimate of drug-likeness (QED) is 0.698. The maximum absolute atomic E-state index is 10.9. The molecule has 114 valence electrons. The monoisotopic (exact) mass is 302 g/mol. The van der Waals surface area contributed by atoms with E-state index in [4.69, 9.17) is 9.47 Å². The molecule has 0 aliphatic rings. The van der Waals surface area contributed by atoms with E-state index < -0.39 is 10.0 Å². The first kappa shape index (κ1) is 16.7. The Morgan fingerprint density at radius 1 is 1.20 bits per heavy atom. The van der Waals surface area contributed by atoms with E-state index in [2.05, 4.69) is 10.0 Å². The molecule has 20 heavy (non-hydrogen) atoms. The van der Waals surface area contributed by atoms with Crippen molar-refractivity contribution in [1.29, 1.82) is 0 Å². The maximum atomic E-state index is 10.9. The smallest absolute Gasteiger partial charge is 0.208 e. The number of hydrogen-bond donors (Lipinski definition) is 2. The van der Waals surface area contributed by atoms with Gasteiger partial charge in [-0.1, -0.05) is 6.07 Å². The summed E-state index contributed by atoms with van der Waals surface area (Å²) in [5, 5.41) is 3.24. The molecule has 1 aromatic rings. The number of benzene rings is 1. The minimum Gasteiger partial charge on any atom is -0.497 e. The van der Waals surface area contributed by atoms with Crippen molar-refractivity contribution < 1.29 is 17.9 Å². The van der Waals surface area contributed by atoms with Crippen LogP contribution in [0.3, 0.4) is 0 Å². The van der Waals surface area contributed by atoms with Gasteiger partial charge in [0.1, 0.15) is 11.5 Å². The van der Waals surface area contributed by atoms with Crippen molar-refractivity contribution in [1.82, 2.24) is 10.0 Å². The number of sulfonamides is 1. The van der Waals surface area contributed by atoms with Crippen LogP contribution in [0.5, 0.6) is 11.5 Å². The lowest BCUT2D eigenvalue weighted by Gasteiger charge is -2.18. The predicted molar refractivity (Wildman–Crippen MR) is 78.8 cm³/mol. The molecule has 0 saturated heterocycles. The maximum Gasteiger partial charge on any atom is 0.208 e. The van der Waals surface area contributed by atoms with E-state index in [1.165, 1.54) is 0 Å². The lowest BCUT2D eigenvalue weighted by atomic mass is 10.1. The van der Waals surface area contributed by atoms with Gasteiger partial charge in [-0.2, -0.15) is 0 Å². The molecule has 1 aromatic carbocycles. The van der Waals surface area contributed by atoms with Crippen LogP contribution >= 0.6 is 0 Å². The topological polar surface area (TPSA) is 76.7 Å². The van der Waals surface area contributed by atoms with Crippen LogP contribution in [0.25, 0.3) is 0 Å². The largest absolute Gasteiger partial charge is 0.497 e. The van der Waals surface area contributed by atoms with Gasteiger partial charge in [-0.25, -0.2) is 13.1 Å². The Bertz CT molecular complexity index is 531. The Morgan fingerprint density at radius 2 is 1.90 bits per heavy atom. The Labute approximate surface area is 120 Å². The van der Waals surface area contributed by atoms with Gasteiger partial charge in [0.05, 0.1) is 20.5 Å². The Morgan fingerprint density at radius 3 is 2.45 bits per heavy atom. The summed E-state index contributed by atoms with van der Waals surface area (Å²) in [4.78, 5) is 0. The third-order valence-corrected chi connectivity index (χ3v) is 3.58. The second kappa shape index (κ2) is 7.47. The van der Waals surface area contributed by atoms with Gasteiger partial charge < -0.3 is 14.8 Å². The fourth-order valence-corrected chi connectivity index (χ4v) is 2.28. The fraction of sp³-hybridized carbons (Fsp3) is 0.538. The highest BCUT2D eigenvalue weighted by atomic mass is 32.2. The molecule has 2 N–H and O–H groups in total. The molecular formula is C13H22N2O4S. The van der Waals surface area contributed by atoms with Crippen LogP contribution in [0.2, 0.25) is 0 Å². The summed E-state index contributed by atoms with van der Waals surface area (Å²) in [6, 6.07) is 5.66. The van der Waals surface area contributed by atoms with Gasteiger partial charge in [-0.3, -0.25) is 0 Å². The van der Waals surface area contributed by atoms with E-state index in [9.17, 15) is 8.42 Å². The first-order chi connectivity index (χ1) is 9.37. The lowest BCUT2D eigenvalue weighted by Crippen LogP contribution is -2.32. The fourth-order valence-electron chi connectivity index (χ4n) is 1.81. The van der Waals surface area contributed by atoms with Crippen LogP contribution < -0.4 is 19.5 Å². The van der Waals surface area contributed by atoms with E-state index in [1.807, 2.05) is 25.1 Å². The number of ether oxygens (including phenoxy) is 2. The molecule has 0 amide bonds. The SMILES string of the molecule is COc1ccc(C(C)NCCNS(C)(=O)=O)c(OC)c1. The number of nitrogens with one attached hydrogen (secondary N) is 2. The van der Waals surface area contributed by atoms with Gasteiger partial charge in [0.15, 0.2) is 0 Å². The molecule has 0 aliphatic carbocycles. The van der Waals surface area contributed by atoms with E-state index in [0.717, 1.165) is 23.3 Å². The highest BCUT2D eigenvalue weighted by Crippen LogP contribution is 2.29. The summed E-state index contributed by atoms with van der Waals surface area (Å²) in [6.07, 6.45) is 1.14. The van der Waals surface area contributed by atoms with Gasteiger partial charge >= 0.3 is 0 Å². The highest BCUT2D eigenvalue weighted by Gasteiger charge is 2.12. The van der Waals surface area contributed by atoms with E-state index in [-0.39, 0.29) is 6.04 Å². The lowest BCUT2D eigenvalue weighted by molar-refractivity contribution is 0.386.